The van der Waals surface area contributed by atoms with E-state index >= 15 is 0 Å². The number of aromatic nitrogens is 1. The summed E-state index contributed by atoms with van der Waals surface area (Å²) in [5.41, 5.74) is 2.41. The van der Waals surface area contributed by atoms with Gasteiger partial charge in [0.25, 0.3) is 0 Å². The van der Waals surface area contributed by atoms with Gasteiger partial charge < -0.3 is 15.1 Å². The predicted octanol–water partition coefficient (Wildman–Crippen LogP) is 1.72. The summed E-state index contributed by atoms with van der Waals surface area (Å²) in [6.07, 6.45) is 4.42. The molecule has 1 aromatic rings. The number of pyridine rings is 1. The number of piperidine rings is 1. The molecule has 0 saturated carbocycles. The third-order valence-corrected chi connectivity index (χ3v) is 4.00. The summed E-state index contributed by atoms with van der Waals surface area (Å²) in [6, 6.07) is 4.99. The summed E-state index contributed by atoms with van der Waals surface area (Å²) in [4.78, 5) is 9.25. The van der Waals surface area contributed by atoms with Crippen LogP contribution in [0.5, 0.6) is 0 Å². The Hall–Kier alpha value is -1.13. The van der Waals surface area contributed by atoms with Gasteiger partial charge in [0.05, 0.1) is 5.69 Å². The second kappa shape index (κ2) is 6.87. The predicted molar refractivity (Wildman–Crippen MR) is 80.5 cm³/mol. The molecule has 1 N–H and O–H groups in total. The van der Waals surface area contributed by atoms with Crippen LogP contribution in [0.15, 0.2) is 18.3 Å². The van der Waals surface area contributed by atoms with Crippen molar-refractivity contribution in [3.8, 4) is 0 Å². The van der Waals surface area contributed by atoms with Crippen molar-refractivity contribution in [3.63, 3.8) is 0 Å². The van der Waals surface area contributed by atoms with Crippen molar-refractivity contribution in [1.82, 2.24) is 15.2 Å². The molecule has 4 nitrogen and oxygen atoms in total. The van der Waals surface area contributed by atoms with Crippen molar-refractivity contribution < 1.29 is 0 Å². The summed E-state index contributed by atoms with van der Waals surface area (Å²) in [5.74, 6) is 0. The molecule has 1 fully saturated rings. The fraction of sp³-hybridized carbons (Fsp3) is 0.667. The molecule has 4 heteroatoms. The SMILES string of the molecule is CCNCc1cc(N(C)C2CCN(C)CC2)ccn1. The van der Waals surface area contributed by atoms with Crippen LogP contribution in [0.3, 0.4) is 0 Å². The van der Waals surface area contributed by atoms with Crippen LogP contribution in [0.1, 0.15) is 25.5 Å². The molecule has 1 aliphatic heterocycles. The standard InChI is InChI=1S/C15H26N4/c1-4-16-12-13-11-15(5-8-17-13)19(3)14-6-9-18(2)10-7-14/h5,8,11,14,16H,4,6-7,9-10,12H2,1-3H3. The van der Waals surface area contributed by atoms with Crippen molar-refractivity contribution in [1.29, 1.82) is 0 Å². The Bertz CT molecular complexity index is 385. The van der Waals surface area contributed by atoms with Crippen LogP contribution in [-0.2, 0) is 6.54 Å². The van der Waals surface area contributed by atoms with Crippen LogP contribution in [0.25, 0.3) is 0 Å². The molecule has 106 valence electrons. The van der Waals surface area contributed by atoms with Crippen LogP contribution >= 0.6 is 0 Å². The van der Waals surface area contributed by atoms with E-state index in [0.717, 1.165) is 18.8 Å². The smallest absolute Gasteiger partial charge is 0.0562 e. The molecule has 1 saturated heterocycles. The van der Waals surface area contributed by atoms with Crippen molar-refractivity contribution in [3.05, 3.63) is 24.0 Å². The van der Waals surface area contributed by atoms with Gasteiger partial charge in [-0.15, -0.1) is 0 Å². The largest absolute Gasteiger partial charge is 0.371 e. The number of anilines is 1. The average molecular weight is 262 g/mol. The lowest BCUT2D eigenvalue weighted by molar-refractivity contribution is 0.253. The van der Waals surface area contributed by atoms with Gasteiger partial charge in [0.1, 0.15) is 0 Å². The van der Waals surface area contributed by atoms with Gasteiger partial charge in [-0.1, -0.05) is 6.92 Å². The Kier molecular flexibility index (Phi) is 5.16. The summed E-state index contributed by atoms with van der Waals surface area (Å²) < 4.78 is 0. The Balaban J connectivity index is 1.99. The van der Waals surface area contributed by atoms with Gasteiger partial charge in [0.15, 0.2) is 0 Å². The van der Waals surface area contributed by atoms with Gasteiger partial charge in [0, 0.05) is 31.5 Å². The first-order chi connectivity index (χ1) is 9.20. The highest BCUT2D eigenvalue weighted by molar-refractivity contribution is 5.46. The molecule has 0 amide bonds. The summed E-state index contributed by atoms with van der Waals surface area (Å²) in [6.45, 7) is 6.35. The minimum absolute atomic E-state index is 0.658. The highest BCUT2D eigenvalue weighted by Gasteiger charge is 2.20. The lowest BCUT2D eigenvalue weighted by atomic mass is 10.0. The monoisotopic (exact) mass is 262 g/mol. The molecule has 1 aromatic heterocycles. The number of hydrogen-bond donors (Lipinski definition) is 1. The highest BCUT2D eigenvalue weighted by atomic mass is 15.2. The van der Waals surface area contributed by atoms with Crippen molar-refractivity contribution >= 4 is 5.69 Å². The first-order valence-corrected chi connectivity index (χ1v) is 7.27. The van der Waals surface area contributed by atoms with E-state index in [0.29, 0.717) is 6.04 Å². The van der Waals surface area contributed by atoms with E-state index in [-0.39, 0.29) is 0 Å². The summed E-state index contributed by atoms with van der Waals surface area (Å²) >= 11 is 0. The average Bonchev–Trinajstić information content (AvgIpc) is 2.45. The van der Waals surface area contributed by atoms with E-state index < -0.39 is 0 Å². The summed E-state index contributed by atoms with van der Waals surface area (Å²) in [7, 11) is 4.42. The van der Waals surface area contributed by atoms with E-state index in [4.69, 9.17) is 0 Å². The zero-order chi connectivity index (χ0) is 13.7. The van der Waals surface area contributed by atoms with Crippen LogP contribution in [0.2, 0.25) is 0 Å². The molecule has 0 bridgehead atoms. The van der Waals surface area contributed by atoms with Gasteiger partial charge in [-0.2, -0.15) is 0 Å². The Morgan fingerprint density at radius 3 is 2.84 bits per heavy atom. The van der Waals surface area contributed by atoms with Gasteiger partial charge in [-0.25, -0.2) is 0 Å². The van der Waals surface area contributed by atoms with Crippen LogP contribution < -0.4 is 10.2 Å². The maximum Gasteiger partial charge on any atom is 0.0562 e. The number of hydrogen-bond acceptors (Lipinski definition) is 4. The highest BCUT2D eigenvalue weighted by Crippen LogP contribution is 2.21. The molecule has 19 heavy (non-hydrogen) atoms. The molecule has 0 radical (unpaired) electrons. The van der Waals surface area contributed by atoms with Gasteiger partial charge in [-0.3, -0.25) is 4.98 Å². The second-order valence-electron chi connectivity index (χ2n) is 5.43. The molecule has 1 aliphatic rings. The molecule has 0 spiro atoms. The van der Waals surface area contributed by atoms with Gasteiger partial charge >= 0.3 is 0 Å². The third-order valence-electron chi connectivity index (χ3n) is 4.00. The molecule has 2 heterocycles. The molecular weight excluding hydrogens is 236 g/mol. The van der Waals surface area contributed by atoms with E-state index in [1.54, 1.807) is 0 Å². The van der Waals surface area contributed by atoms with E-state index in [1.807, 2.05) is 6.20 Å². The number of nitrogens with zero attached hydrogens (tertiary/aromatic N) is 3. The third kappa shape index (κ3) is 3.91. The van der Waals surface area contributed by atoms with E-state index in [2.05, 4.69) is 53.3 Å². The lowest BCUT2D eigenvalue weighted by Gasteiger charge is -2.36. The minimum Gasteiger partial charge on any atom is -0.371 e. The Morgan fingerprint density at radius 2 is 2.16 bits per heavy atom. The van der Waals surface area contributed by atoms with Crippen LogP contribution in [0, 0.1) is 0 Å². The topological polar surface area (TPSA) is 31.4 Å². The van der Waals surface area contributed by atoms with Gasteiger partial charge in [0.2, 0.25) is 0 Å². The molecule has 2 rings (SSSR count). The van der Waals surface area contributed by atoms with E-state index in [9.17, 15) is 0 Å². The number of nitrogens with one attached hydrogen (secondary N) is 1. The first-order valence-electron chi connectivity index (χ1n) is 7.27. The zero-order valence-electron chi connectivity index (χ0n) is 12.4. The lowest BCUT2D eigenvalue weighted by Crippen LogP contribution is -2.42. The number of rotatable bonds is 5. The molecule has 0 atom stereocenters. The zero-order valence-corrected chi connectivity index (χ0v) is 12.4. The van der Waals surface area contributed by atoms with Gasteiger partial charge in [-0.05, 0) is 51.7 Å². The van der Waals surface area contributed by atoms with E-state index in [1.165, 1.54) is 31.6 Å². The molecule has 0 aromatic carbocycles. The maximum absolute atomic E-state index is 4.42. The number of likely N-dealkylation sites (tertiary alicyclic amines) is 1. The van der Waals surface area contributed by atoms with Crippen molar-refractivity contribution in [2.24, 2.45) is 0 Å². The minimum atomic E-state index is 0.658. The quantitative estimate of drug-likeness (QED) is 0.875. The van der Waals surface area contributed by atoms with Crippen LogP contribution in [0.4, 0.5) is 5.69 Å². The molecular formula is C15H26N4. The fourth-order valence-corrected chi connectivity index (χ4v) is 2.63. The summed E-state index contributed by atoms with van der Waals surface area (Å²) in [5, 5.41) is 3.33. The molecule has 0 aliphatic carbocycles. The van der Waals surface area contributed by atoms with Crippen molar-refractivity contribution in [2.75, 3.05) is 38.6 Å². The fourth-order valence-electron chi connectivity index (χ4n) is 2.63. The normalized spacial score (nSPS) is 17.6. The molecule has 0 unspecified atom stereocenters. The Labute approximate surface area is 116 Å². The first kappa shape index (κ1) is 14.3. The Morgan fingerprint density at radius 1 is 1.42 bits per heavy atom. The van der Waals surface area contributed by atoms with Crippen LogP contribution in [-0.4, -0.2) is 49.7 Å². The second-order valence-corrected chi connectivity index (χ2v) is 5.43. The maximum atomic E-state index is 4.42. The van der Waals surface area contributed by atoms with Crippen molar-refractivity contribution in [2.45, 2.75) is 32.4 Å².